The van der Waals surface area contributed by atoms with Crippen LogP contribution in [0.5, 0.6) is 0 Å². The van der Waals surface area contributed by atoms with E-state index in [4.69, 9.17) is 0 Å². The van der Waals surface area contributed by atoms with E-state index in [0.29, 0.717) is 0 Å². The van der Waals surface area contributed by atoms with Crippen molar-refractivity contribution in [2.45, 2.75) is 26.2 Å². The predicted octanol–water partition coefficient (Wildman–Crippen LogP) is 12.3. The maximum Gasteiger partial charge on any atom is 0.0470 e. The zero-order chi connectivity index (χ0) is 30.5. The fraction of sp³-hybridized carbons (Fsp3) is 0.0909. The number of hydrogen-bond donors (Lipinski definition) is 0. The van der Waals surface area contributed by atoms with Crippen LogP contribution >= 0.6 is 0 Å². The maximum absolute atomic E-state index is 2.43. The van der Waals surface area contributed by atoms with Crippen LogP contribution in [0, 0.1) is 6.92 Å². The topological polar surface area (TPSA) is 3.24 Å². The molecule has 0 radical (unpaired) electrons. The Morgan fingerprint density at radius 1 is 0.444 bits per heavy atom. The van der Waals surface area contributed by atoms with Crippen LogP contribution in [0.4, 0.5) is 17.1 Å². The van der Waals surface area contributed by atoms with Crippen LogP contribution in [0.1, 0.15) is 30.5 Å². The molecule has 1 aliphatic rings. The Labute approximate surface area is 266 Å². The van der Waals surface area contributed by atoms with Crippen molar-refractivity contribution in [2.24, 2.45) is 0 Å². The van der Waals surface area contributed by atoms with E-state index >= 15 is 0 Å². The van der Waals surface area contributed by atoms with Crippen LogP contribution in [0.3, 0.4) is 0 Å². The molecule has 0 heterocycles. The van der Waals surface area contributed by atoms with Crippen molar-refractivity contribution in [1.82, 2.24) is 0 Å². The summed E-state index contributed by atoms with van der Waals surface area (Å²) in [4.78, 5) is 2.37. The molecule has 0 atom stereocenters. The first-order valence-electron chi connectivity index (χ1n) is 15.8. The van der Waals surface area contributed by atoms with Gasteiger partial charge in [-0.05, 0) is 110 Å². The monoisotopic (exact) mass is 577 g/mol. The van der Waals surface area contributed by atoms with Gasteiger partial charge in [0, 0.05) is 22.5 Å². The highest BCUT2D eigenvalue weighted by atomic mass is 15.1. The largest absolute Gasteiger partial charge is 0.310 e. The molecule has 0 bridgehead atoms. The van der Waals surface area contributed by atoms with Crippen LogP contribution in [0.2, 0.25) is 0 Å². The van der Waals surface area contributed by atoms with Gasteiger partial charge in [-0.15, -0.1) is 0 Å². The van der Waals surface area contributed by atoms with Crippen molar-refractivity contribution in [1.29, 1.82) is 0 Å². The number of fused-ring (bicyclic) bond motifs is 5. The van der Waals surface area contributed by atoms with Crippen molar-refractivity contribution in [3.63, 3.8) is 0 Å². The van der Waals surface area contributed by atoms with Gasteiger partial charge in [0.2, 0.25) is 0 Å². The third kappa shape index (κ3) is 4.64. The molecule has 216 valence electrons. The Kier molecular flexibility index (Phi) is 6.43. The predicted molar refractivity (Wildman–Crippen MR) is 192 cm³/mol. The summed E-state index contributed by atoms with van der Waals surface area (Å²) >= 11 is 0. The number of anilines is 3. The first-order chi connectivity index (χ1) is 22.0. The number of hydrogen-bond acceptors (Lipinski definition) is 1. The molecule has 0 amide bonds. The average Bonchev–Trinajstić information content (AvgIpc) is 3.32. The zero-order valence-electron chi connectivity index (χ0n) is 26.0. The summed E-state index contributed by atoms with van der Waals surface area (Å²) in [5.74, 6) is 0. The first kappa shape index (κ1) is 27.2. The van der Waals surface area contributed by atoms with Crippen molar-refractivity contribution in [3.8, 4) is 33.4 Å². The highest BCUT2D eigenvalue weighted by Crippen LogP contribution is 2.52. The van der Waals surface area contributed by atoms with Crippen molar-refractivity contribution < 1.29 is 0 Å². The highest BCUT2D eigenvalue weighted by molar-refractivity contribution is 6.03. The van der Waals surface area contributed by atoms with Gasteiger partial charge in [0.05, 0.1) is 0 Å². The quantitative estimate of drug-likeness (QED) is 0.197. The standard InChI is InChI=1S/C44H35N/c1-30-26-35(34-21-24-41-40(29-34)43-39-17-11-10-14-33(39)20-25-42(43)44(41,2)3)28-38(27-30)45(36-15-8-5-9-16-36)37-22-18-32(19-23-37)31-12-6-4-7-13-31/h4-29H,1-3H3. The Morgan fingerprint density at radius 3 is 1.84 bits per heavy atom. The summed E-state index contributed by atoms with van der Waals surface area (Å²) in [6, 6.07) is 57.6. The molecule has 0 aromatic heterocycles. The lowest BCUT2D eigenvalue weighted by atomic mass is 9.82. The molecule has 0 aliphatic heterocycles. The van der Waals surface area contributed by atoms with Gasteiger partial charge in [-0.25, -0.2) is 0 Å². The summed E-state index contributed by atoms with van der Waals surface area (Å²) in [5, 5.41) is 2.62. The van der Waals surface area contributed by atoms with Crippen LogP contribution in [0.15, 0.2) is 158 Å². The highest BCUT2D eigenvalue weighted by Gasteiger charge is 2.36. The maximum atomic E-state index is 2.43. The molecule has 7 aromatic carbocycles. The van der Waals surface area contributed by atoms with Crippen molar-refractivity contribution in [2.75, 3.05) is 4.90 Å². The molecule has 7 aromatic rings. The molecule has 0 saturated carbocycles. The van der Waals surface area contributed by atoms with E-state index in [9.17, 15) is 0 Å². The molecular weight excluding hydrogens is 542 g/mol. The minimum absolute atomic E-state index is 0.0407. The number of benzene rings is 7. The van der Waals surface area contributed by atoms with Gasteiger partial charge in [-0.1, -0.05) is 129 Å². The number of nitrogens with zero attached hydrogens (tertiary/aromatic N) is 1. The molecule has 0 N–H and O–H groups in total. The average molecular weight is 578 g/mol. The summed E-state index contributed by atoms with van der Waals surface area (Å²) in [6.45, 7) is 6.92. The fourth-order valence-corrected chi connectivity index (χ4v) is 7.22. The Balaban J connectivity index is 1.26. The second-order valence-corrected chi connectivity index (χ2v) is 12.7. The number of aryl methyl sites for hydroxylation is 1. The smallest absolute Gasteiger partial charge is 0.0470 e. The van der Waals surface area contributed by atoms with Crippen molar-refractivity contribution >= 4 is 27.8 Å². The normalized spacial score (nSPS) is 13.0. The summed E-state index contributed by atoms with van der Waals surface area (Å²) in [7, 11) is 0. The lowest BCUT2D eigenvalue weighted by Crippen LogP contribution is -2.14. The van der Waals surface area contributed by atoms with Crippen LogP contribution in [-0.4, -0.2) is 0 Å². The Hall–Kier alpha value is -5.40. The SMILES string of the molecule is Cc1cc(-c2ccc3c(c2)-c2c(ccc4ccccc24)C3(C)C)cc(N(c2ccccc2)c2ccc(-c3ccccc3)cc2)c1. The van der Waals surface area contributed by atoms with Gasteiger partial charge in [-0.2, -0.15) is 0 Å². The van der Waals surface area contributed by atoms with Crippen LogP contribution < -0.4 is 4.90 Å². The van der Waals surface area contributed by atoms with E-state index in [0.717, 1.165) is 17.1 Å². The van der Waals surface area contributed by atoms with Crippen molar-refractivity contribution in [3.05, 3.63) is 174 Å². The van der Waals surface area contributed by atoms with Gasteiger partial charge in [0.1, 0.15) is 0 Å². The lowest BCUT2D eigenvalue weighted by molar-refractivity contribution is 0.661. The summed E-state index contributed by atoms with van der Waals surface area (Å²) in [5.41, 5.74) is 15.1. The first-order valence-corrected chi connectivity index (χ1v) is 15.8. The second-order valence-electron chi connectivity index (χ2n) is 12.7. The van der Waals surface area contributed by atoms with E-state index < -0.39 is 0 Å². The minimum Gasteiger partial charge on any atom is -0.310 e. The molecule has 45 heavy (non-hydrogen) atoms. The van der Waals surface area contributed by atoms with Gasteiger partial charge in [0.25, 0.3) is 0 Å². The second kappa shape index (κ2) is 10.6. The third-order valence-electron chi connectivity index (χ3n) is 9.47. The molecule has 0 unspecified atom stereocenters. The van der Waals surface area contributed by atoms with Gasteiger partial charge in [0.15, 0.2) is 0 Å². The van der Waals surface area contributed by atoms with E-state index in [1.165, 1.54) is 60.8 Å². The van der Waals surface area contributed by atoms with E-state index in [2.05, 4.69) is 183 Å². The zero-order valence-corrected chi connectivity index (χ0v) is 26.0. The molecule has 1 aliphatic carbocycles. The van der Waals surface area contributed by atoms with E-state index in [1.54, 1.807) is 0 Å². The van der Waals surface area contributed by atoms with E-state index in [1.807, 2.05) is 0 Å². The molecule has 0 fully saturated rings. The molecule has 1 heteroatoms. The number of para-hydroxylation sites is 1. The molecule has 1 nitrogen and oxygen atoms in total. The van der Waals surface area contributed by atoms with Crippen LogP contribution in [-0.2, 0) is 5.41 Å². The minimum atomic E-state index is -0.0407. The van der Waals surface area contributed by atoms with Gasteiger partial charge < -0.3 is 4.90 Å². The molecule has 8 rings (SSSR count). The van der Waals surface area contributed by atoms with E-state index in [-0.39, 0.29) is 5.41 Å². The van der Waals surface area contributed by atoms with Gasteiger partial charge in [-0.3, -0.25) is 0 Å². The number of rotatable bonds is 5. The Morgan fingerprint density at radius 2 is 1.07 bits per heavy atom. The van der Waals surface area contributed by atoms with Crippen LogP contribution in [0.25, 0.3) is 44.2 Å². The third-order valence-corrected chi connectivity index (χ3v) is 9.47. The molecule has 0 saturated heterocycles. The lowest BCUT2D eigenvalue weighted by Gasteiger charge is -2.27. The summed E-state index contributed by atoms with van der Waals surface area (Å²) < 4.78 is 0. The molecule has 0 spiro atoms. The van der Waals surface area contributed by atoms with Gasteiger partial charge >= 0.3 is 0 Å². The molecular formula is C44H35N. The Bertz CT molecular complexity index is 2170. The summed E-state index contributed by atoms with van der Waals surface area (Å²) in [6.07, 6.45) is 0. The fourth-order valence-electron chi connectivity index (χ4n) is 7.22.